The Kier molecular flexibility index (Phi) is 7.33. The number of aryl methyl sites for hydroxylation is 2. The molecule has 2 aromatic carbocycles. The summed E-state index contributed by atoms with van der Waals surface area (Å²) < 4.78 is 5.80. The van der Waals surface area contributed by atoms with Crippen molar-refractivity contribution in [1.82, 2.24) is 0 Å². The summed E-state index contributed by atoms with van der Waals surface area (Å²) in [4.78, 5) is 0. The molecule has 1 N–H and O–H groups in total. The fraction of sp³-hybridized carbons (Fsp3) is 0.455. The third kappa shape index (κ3) is 5.68. The van der Waals surface area contributed by atoms with Crippen LogP contribution < -0.4 is 4.74 Å². The summed E-state index contributed by atoms with van der Waals surface area (Å²) >= 11 is 0. The molecule has 24 heavy (non-hydrogen) atoms. The highest BCUT2D eigenvalue weighted by Crippen LogP contribution is 2.20. The lowest BCUT2D eigenvalue weighted by Crippen LogP contribution is -2.07. The van der Waals surface area contributed by atoms with Crippen LogP contribution >= 0.6 is 0 Å². The average Bonchev–Trinajstić information content (AvgIpc) is 2.61. The summed E-state index contributed by atoms with van der Waals surface area (Å²) in [5, 5.41) is 9.04. The molecule has 0 aromatic heterocycles. The van der Waals surface area contributed by atoms with Crippen LogP contribution in [-0.4, -0.2) is 11.7 Å². The van der Waals surface area contributed by atoms with E-state index in [1.165, 1.54) is 29.5 Å². The molecule has 0 unspecified atom stereocenters. The summed E-state index contributed by atoms with van der Waals surface area (Å²) in [6, 6.07) is 14.5. The minimum atomic E-state index is 0.0803. The van der Waals surface area contributed by atoms with E-state index in [9.17, 15) is 0 Å². The summed E-state index contributed by atoms with van der Waals surface area (Å²) in [7, 11) is 0. The highest BCUT2D eigenvalue weighted by Gasteiger charge is 2.08. The summed E-state index contributed by atoms with van der Waals surface area (Å²) in [6.07, 6.45) is 4.63. The smallest absolute Gasteiger partial charge is 0.119 e. The van der Waals surface area contributed by atoms with E-state index >= 15 is 0 Å². The first-order chi connectivity index (χ1) is 11.6. The van der Waals surface area contributed by atoms with Gasteiger partial charge in [0.05, 0.1) is 13.2 Å². The molecule has 0 fully saturated rings. The molecule has 0 heterocycles. The predicted molar refractivity (Wildman–Crippen MR) is 100 cm³/mol. The molecule has 0 aliphatic rings. The molecule has 0 bridgehead atoms. The van der Waals surface area contributed by atoms with Gasteiger partial charge in [-0.1, -0.05) is 43.7 Å². The van der Waals surface area contributed by atoms with Crippen molar-refractivity contribution in [1.29, 1.82) is 0 Å². The lowest BCUT2D eigenvalue weighted by molar-refractivity contribution is 0.279. The maximum absolute atomic E-state index is 9.04. The zero-order valence-corrected chi connectivity index (χ0v) is 15.2. The van der Waals surface area contributed by atoms with Gasteiger partial charge in [0, 0.05) is 0 Å². The second-order valence-corrected chi connectivity index (χ2v) is 6.69. The first-order valence-electron chi connectivity index (χ1n) is 9.01. The number of rotatable bonds is 9. The molecule has 0 amide bonds. The van der Waals surface area contributed by atoms with Crippen molar-refractivity contribution in [3.05, 3.63) is 64.7 Å². The van der Waals surface area contributed by atoms with E-state index < -0.39 is 0 Å². The van der Waals surface area contributed by atoms with Gasteiger partial charge in [-0.05, 0) is 73.4 Å². The minimum absolute atomic E-state index is 0.0803. The normalized spacial score (nSPS) is 12.2. The zero-order valence-electron chi connectivity index (χ0n) is 15.2. The van der Waals surface area contributed by atoms with E-state index in [1.54, 1.807) is 0 Å². The summed E-state index contributed by atoms with van der Waals surface area (Å²) in [5.41, 5.74) is 5.12. The molecule has 2 aromatic rings. The SMILES string of the molecule is CC[C@H](CCCOc1ccc(CO)cc1)Cc1ccc(C)c(C)c1. The van der Waals surface area contributed by atoms with Gasteiger partial charge in [-0.15, -0.1) is 0 Å². The Bertz CT molecular complexity index is 616. The van der Waals surface area contributed by atoms with Crippen LogP contribution in [0.4, 0.5) is 0 Å². The molecule has 2 heteroatoms. The van der Waals surface area contributed by atoms with Crippen LogP contribution in [0.2, 0.25) is 0 Å². The van der Waals surface area contributed by atoms with Crippen LogP contribution in [-0.2, 0) is 13.0 Å². The van der Waals surface area contributed by atoms with Gasteiger partial charge in [0.1, 0.15) is 5.75 Å². The molecule has 1 atom stereocenters. The predicted octanol–water partition coefficient (Wildman–Crippen LogP) is 5.22. The Morgan fingerprint density at radius 1 is 0.958 bits per heavy atom. The monoisotopic (exact) mass is 326 g/mol. The standard InChI is InChI=1S/C22H30O2/c1-4-19(15-21-8-7-17(2)18(3)14-21)6-5-13-24-22-11-9-20(16-23)10-12-22/h7-12,14,19,23H,4-6,13,15-16H2,1-3H3/t19-/m1/s1. The molecule has 0 spiro atoms. The van der Waals surface area contributed by atoms with Crippen molar-refractivity contribution in [2.75, 3.05) is 6.61 Å². The average molecular weight is 326 g/mol. The highest BCUT2D eigenvalue weighted by molar-refractivity contribution is 5.30. The Morgan fingerprint density at radius 2 is 1.67 bits per heavy atom. The van der Waals surface area contributed by atoms with Gasteiger partial charge in [0.15, 0.2) is 0 Å². The zero-order chi connectivity index (χ0) is 17.4. The number of benzene rings is 2. The van der Waals surface area contributed by atoms with Crippen LogP contribution in [0.25, 0.3) is 0 Å². The molecule has 2 rings (SSSR count). The van der Waals surface area contributed by atoms with Crippen LogP contribution in [0, 0.1) is 19.8 Å². The van der Waals surface area contributed by atoms with Crippen molar-refractivity contribution in [2.24, 2.45) is 5.92 Å². The van der Waals surface area contributed by atoms with E-state index in [2.05, 4.69) is 39.0 Å². The number of aliphatic hydroxyl groups excluding tert-OH is 1. The Balaban J connectivity index is 1.75. The topological polar surface area (TPSA) is 29.5 Å². The van der Waals surface area contributed by atoms with E-state index in [0.717, 1.165) is 30.8 Å². The van der Waals surface area contributed by atoms with Crippen molar-refractivity contribution >= 4 is 0 Å². The van der Waals surface area contributed by atoms with Gasteiger partial charge >= 0.3 is 0 Å². The second kappa shape index (κ2) is 9.48. The highest BCUT2D eigenvalue weighted by atomic mass is 16.5. The number of ether oxygens (including phenoxy) is 1. The Labute approximate surface area is 146 Å². The molecule has 0 saturated carbocycles. The quantitative estimate of drug-likeness (QED) is 0.640. The molecule has 130 valence electrons. The van der Waals surface area contributed by atoms with Gasteiger partial charge in [0.25, 0.3) is 0 Å². The molecular weight excluding hydrogens is 296 g/mol. The van der Waals surface area contributed by atoms with Crippen molar-refractivity contribution in [3.63, 3.8) is 0 Å². The lowest BCUT2D eigenvalue weighted by atomic mass is 9.91. The van der Waals surface area contributed by atoms with E-state index in [1.807, 2.05) is 24.3 Å². The first-order valence-corrected chi connectivity index (χ1v) is 9.01. The van der Waals surface area contributed by atoms with E-state index in [4.69, 9.17) is 9.84 Å². The van der Waals surface area contributed by atoms with Crippen LogP contribution in [0.15, 0.2) is 42.5 Å². The number of hydrogen-bond acceptors (Lipinski definition) is 2. The van der Waals surface area contributed by atoms with Gasteiger partial charge in [-0.2, -0.15) is 0 Å². The molecule has 0 saturated heterocycles. The van der Waals surface area contributed by atoms with Crippen molar-refractivity contribution in [3.8, 4) is 5.75 Å². The molecule has 2 nitrogen and oxygen atoms in total. The Morgan fingerprint density at radius 3 is 2.29 bits per heavy atom. The van der Waals surface area contributed by atoms with Gasteiger partial charge in [-0.3, -0.25) is 0 Å². The van der Waals surface area contributed by atoms with Crippen LogP contribution in [0.1, 0.15) is 48.4 Å². The Hall–Kier alpha value is -1.80. The van der Waals surface area contributed by atoms with Crippen molar-refractivity contribution in [2.45, 2.75) is 53.1 Å². The maximum Gasteiger partial charge on any atom is 0.119 e. The summed E-state index contributed by atoms with van der Waals surface area (Å²) in [6.45, 7) is 7.47. The van der Waals surface area contributed by atoms with E-state index in [0.29, 0.717) is 5.92 Å². The maximum atomic E-state index is 9.04. The van der Waals surface area contributed by atoms with Gasteiger partial charge < -0.3 is 9.84 Å². The van der Waals surface area contributed by atoms with Crippen LogP contribution in [0.5, 0.6) is 5.75 Å². The van der Waals surface area contributed by atoms with Crippen molar-refractivity contribution < 1.29 is 9.84 Å². The fourth-order valence-electron chi connectivity index (χ4n) is 2.97. The molecule has 0 radical (unpaired) electrons. The number of aliphatic hydroxyl groups is 1. The number of hydrogen-bond donors (Lipinski definition) is 1. The third-order valence-electron chi connectivity index (χ3n) is 4.80. The third-order valence-corrected chi connectivity index (χ3v) is 4.80. The largest absolute Gasteiger partial charge is 0.494 e. The van der Waals surface area contributed by atoms with E-state index in [-0.39, 0.29) is 6.61 Å². The summed E-state index contributed by atoms with van der Waals surface area (Å²) in [5.74, 6) is 1.60. The first kappa shape index (κ1) is 18.5. The fourth-order valence-corrected chi connectivity index (χ4v) is 2.97. The molecular formula is C22H30O2. The minimum Gasteiger partial charge on any atom is -0.494 e. The second-order valence-electron chi connectivity index (χ2n) is 6.69. The van der Waals surface area contributed by atoms with Gasteiger partial charge in [0.2, 0.25) is 0 Å². The molecule has 0 aliphatic carbocycles. The lowest BCUT2D eigenvalue weighted by Gasteiger charge is -2.16. The van der Waals surface area contributed by atoms with Crippen LogP contribution in [0.3, 0.4) is 0 Å². The van der Waals surface area contributed by atoms with Gasteiger partial charge in [-0.25, -0.2) is 0 Å². The molecule has 0 aliphatic heterocycles.